The van der Waals surface area contributed by atoms with Gasteiger partial charge in [0.2, 0.25) is 0 Å². The zero-order valence-corrected chi connectivity index (χ0v) is 8.42. The van der Waals surface area contributed by atoms with Crippen molar-refractivity contribution in [3.63, 3.8) is 0 Å². The van der Waals surface area contributed by atoms with Gasteiger partial charge in [0.15, 0.2) is 6.10 Å². The number of hydrogen-bond acceptors (Lipinski definition) is 1. The summed E-state index contributed by atoms with van der Waals surface area (Å²) in [5.74, 6) is 0. The molecule has 0 amide bonds. The Hall–Kier alpha value is -0.0800. The monoisotopic (exact) mass is 172 g/mol. The molecule has 0 saturated carbocycles. The molecule has 0 aliphatic carbocycles. The fourth-order valence-corrected chi connectivity index (χ4v) is 2.39. The predicted molar refractivity (Wildman–Crippen MR) is 50.9 cm³/mol. The molecule has 2 aliphatic heterocycles. The van der Waals surface area contributed by atoms with Gasteiger partial charge in [0, 0.05) is 0 Å². The Bertz CT molecular complexity index is 114. The van der Waals surface area contributed by atoms with Crippen LogP contribution in [0.25, 0.3) is 0 Å². The SMILES string of the molecule is CC.OC1C[N+]2(CCCCC2)C1. The molecule has 1 N–H and O–H groups in total. The highest BCUT2D eigenvalue weighted by molar-refractivity contribution is 4.69. The lowest BCUT2D eigenvalue weighted by atomic mass is 9.99. The number of rotatable bonds is 0. The van der Waals surface area contributed by atoms with E-state index in [1.807, 2.05) is 13.8 Å². The van der Waals surface area contributed by atoms with E-state index in [4.69, 9.17) is 5.11 Å². The van der Waals surface area contributed by atoms with Gasteiger partial charge in [-0.2, -0.15) is 0 Å². The van der Waals surface area contributed by atoms with Crippen molar-refractivity contribution in [3.8, 4) is 0 Å². The van der Waals surface area contributed by atoms with E-state index in [2.05, 4.69) is 0 Å². The second kappa shape index (κ2) is 4.24. The summed E-state index contributed by atoms with van der Waals surface area (Å²) in [4.78, 5) is 0. The van der Waals surface area contributed by atoms with Gasteiger partial charge >= 0.3 is 0 Å². The highest BCUT2D eigenvalue weighted by Crippen LogP contribution is 2.26. The Labute approximate surface area is 75.8 Å². The van der Waals surface area contributed by atoms with Crippen LogP contribution in [0.4, 0.5) is 0 Å². The van der Waals surface area contributed by atoms with E-state index in [1.54, 1.807) is 0 Å². The summed E-state index contributed by atoms with van der Waals surface area (Å²) in [6.07, 6.45) is 4.20. The first-order valence-electron chi connectivity index (χ1n) is 5.34. The lowest BCUT2D eigenvalue weighted by molar-refractivity contribution is -0.976. The van der Waals surface area contributed by atoms with Gasteiger partial charge in [0.25, 0.3) is 0 Å². The molecule has 0 atom stereocenters. The summed E-state index contributed by atoms with van der Waals surface area (Å²) in [7, 11) is 0. The van der Waals surface area contributed by atoms with Crippen molar-refractivity contribution < 1.29 is 9.59 Å². The molecule has 2 rings (SSSR count). The highest BCUT2D eigenvalue weighted by atomic mass is 16.3. The zero-order valence-electron chi connectivity index (χ0n) is 8.42. The smallest absolute Gasteiger partial charge is 0.152 e. The molecule has 72 valence electrons. The molecule has 2 fully saturated rings. The molecule has 0 unspecified atom stereocenters. The molecule has 0 aromatic heterocycles. The minimum Gasteiger partial charge on any atom is -0.382 e. The lowest BCUT2D eigenvalue weighted by Gasteiger charge is -2.50. The summed E-state index contributed by atoms with van der Waals surface area (Å²) in [6.45, 7) is 8.74. The van der Waals surface area contributed by atoms with E-state index >= 15 is 0 Å². The summed E-state index contributed by atoms with van der Waals surface area (Å²) >= 11 is 0. The fourth-order valence-electron chi connectivity index (χ4n) is 2.39. The van der Waals surface area contributed by atoms with E-state index < -0.39 is 0 Å². The van der Waals surface area contributed by atoms with Crippen LogP contribution in [0.2, 0.25) is 0 Å². The molecular formula is C10H22NO+. The molecule has 0 aromatic rings. The average Bonchev–Trinajstić information content (AvgIpc) is 2.08. The van der Waals surface area contributed by atoms with Gasteiger partial charge in [0.1, 0.15) is 13.1 Å². The Morgan fingerprint density at radius 2 is 1.50 bits per heavy atom. The number of quaternary nitrogens is 1. The maximum absolute atomic E-state index is 9.15. The Morgan fingerprint density at radius 1 is 1.00 bits per heavy atom. The Morgan fingerprint density at radius 3 is 1.92 bits per heavy atom. The van der Waals surface area contributed by atoms with E-state index in [9.17, 15) is 0 Å². The summed E-state index contributed by atoms with van der Waals surface area (Å²) in [5.41, 5.74) is 0. The van der Waals surface area contributed by atoms with Crippen LogP contribution in [-0.2, 0) is 0 Å². The van der Waals surface area contributed by atoms with E-state index in [-0.39, 0.29) is 6.10 Å². The summed E-state index contributed by atoms with van der Waals surface area (Å²) < 4.78 is 1.24. The Kier molecular flexibility index (Phi) is 3.53. The standard InChI is InChI=1S/C8H16NO.C2H6/c10-8-6-9(7-8)4-2-1-3-5-9;1-2/h8,10H,1-7H2;1-2H3/q+1;. The van der Waals surface area contributed by atoms with Crippen LogP contribution in [0.1, 0.15) is 33.1 Å². The maximum Gasteiger partial charge on any atom is 0.152 e. The van der Waals surface area contributed by atoms with Gasteiger partial charge < -0.3 is 9.59 Å². The van der Waals surface area contributed by atoms with Gasteiger partial charge in [0.05, 0.1) is 13.1 Å². The van der Waals surface area contributed by atoms with Crippen LogP contribution < -0.4 is 0 Å². The molecule has 2 heterocycles. The average molecular weight is 172 g/mol. The van der Waals surface area contributed by atoms with Crippen molar-refractivity contribution >= 4 is 0 Å². The second-order valence-electron chi connectivity index (χ2n) is 3.87. The number of hydrogen-bond donors (Lipinski definition) is 1. The van der Waals surface area contributed by atoms with Crippen molar-refractivity contribution in [2.45, 2.75) is 39.2 Å². The number of aliphatic hydroxyl groups is 1. The van der Waals surface area contributed by atoms with Gasteiger partial charge in [-0.05, 0) is 19.3 Å². The number of nitrogens with zero attached hydrogens (tertiary/aromatic N) is 1. The number of piperidine rings is 1. The third kappa shape index (κ3) is 1.99. The molecule has 0 aromatic carbocycles. The summed E-state index contributed by atoms with van der Waals surface area (Å²) in [5, 5.41) is 9.15. The minimum absolute atomic E-state index is 0.0260. The van der Waals surface area contributed by atoms with Gasteiger partial charge in [-0.1, -0.05) is 13.8 Å². The molecule has 12 heavy (non-hydrogen) atoms. The Balaban J connectivity index is 0.000000336. The van der Waals surface area contributed by atoms with Crippen molar-refractivity contribution in [2.75, 3.05) is 26.2 Å². The van der Waals surface area contributed by atoms with Crippen molar-refractivity contribution in [2.24, 2.45) is 0 Å². The summed E-state index contributed by atoms with van der Waals surface area (Å²) in [6, 6.07) is 0. The number of aliphatic hydroxyl groups excluding tert-OH is 1. The van der Waals surface area contributed by atoms with Crippen LogP contribution in [0.15, 0.2) is 0 Å². The molecule has 0 radical (unpaired) electrons. The topological polar surface area (TPSA) is 20.2 Å². The predicted octanol–water partition coefficient (Wildman–Crippen LogP) is 1.39. The van der Waals surface area contributed by atoms with Gasteiger partial charge in [-0.3, -0.25) is 0 Å². The largest absolute Gasteiger partial charge is 0.382 e. The zero-order chi connectivity index (χ0) is 9.03. The second-order valence-corrected chi connectivity index (χ2v) is 3.87. The third-order valence-electron chi connectivity index (χ3n) is 2.96. The van der Waals surface area contributed by atoms with Crippen LogP contribution >= 0.6 is 0 Å². The molecule has 2 saturated heterocycles. The van der Waals surface area contributed by atoms with E-state index in [0.717, 1.165) is 13.1 Å². The van der Waals surface area contributed by atoms with Crippen LogP contribution in [-0.4, -0.2) is 41.9 Å². The quantitative estimate of drug-likeness (QED) is 0.547. The van der Waals surface area contributed by atoms with E-state index in [1.165, 1.54) is 36.8 Å². The highest BCUT2D eigenvalue weighted by Gasteiger charge is 2.43. The molecule has 2 nitrogen and oxygen atoms in total. The first kappa shape index (κ1) is 10.0. The van der Waals surface area contributed by atoms with Crippen molar-refractivity contribution in [1.29, 1.82) is 0 Å². The van der Waals surface area contributed by atoms with Crippen molar-refractivity contribution in [3.05, 3.63) is 0 Å². The van der Waals surface area contributed by atoms with Crippen molar-refractivity contribution in [1.82, 2.24) is 0 Å². The molecule has 0 bridgehead atoms. The normalized spacial score (nSPS) is 27.2. The molecular weight excluding hydrogens is 150 g/mol. The van der Waals surface area contributed by atoms with Crippen LogP contribution in [0.3, 0.4) is 0 Å². The van der Waals surface area contributed by atoms with Gasteiger partial charge in [-0.25, -0.2) is 0 Å². The molecule has 2 heteroatoms. The lowest BCUT2D eigenvalue weighted by Crippen LogP contribution is -2.67. The molecule has 1 spiro atoms. The van der Waals surface area contributed by atoms with E-state index in [0.29, 0.717) is 0 Å². The third-order valence-corrected chi connectivity index (χ3v) is 2.96. The van der Waals surface area contributed by atoms with Gasteiger partial charge in [-0.15, -0.1) is 0 Å². The van der Waals surface area contributed by atoms with Crippen LogP contribution in [0.5, 0.6) is 0 Å². The minimum atomic E-state index is 0.0260. The first-order valence-corrected chi connectivity index (χ1v) is 5.34. The first-order chi connectivity index (χ1) is 5.81. The molecule has 2 aliphatic rings. The maximum atomic E-state index is 9.15. The fraction of sp³-hybridized carbons (Fsp3) is 1.00. The van der Waals surface area contributed by atoms with Crippen LogP contribution in [0, 0.1) is 0 Å².